The second-order valence-corrected chi connectivity index (χ2v) is 11.6. The number of cyclic esters (lactones) is 1. The first-order valence-electron chi connectivity index (χ1n) is 13.9. The number of esters is 1. The minimum atomic E-state index is -1.95. The van der Waals surface area contributed by atoms with Gasteiger partial charge in [-0.3, -0.25) is 9.59 Å². The van der Waals surface area contributed by atoms with Crippen molar-refractivity contribution in [2.75, 3.05) is 0 Å². The number of halogens is 1. The number of nitrogens with zero attached hydrogens (tertiary/aromatic N) is 2. The van der Waals surface area contributed by atoms with Crippen molar-refractivity contribution < 1.29 is 28.9 Å². The van der Waals surface area contributed by atoms with Crippen molar-refractivity contribution in [1.29, 1.82) is 0 Å². The largest absolute Gasteiger partial charge is 0.458 e. The Balaban J connectivity index is 1.44. The van der Waals surface area contributed by atoms with Crippen LogP contribution in [0.5, 0.6) is 0 Å². The summed E-state index contributed by atoms with van der Waals surface area (Å²) >= 11 is 0. The van der Waals surface area contributed by atoms with E-state index in [1.54, 1.807) is 24.5 Å². The second-order valence-electron chi connectivity index (χ2n) is 11.6. The molecule has 3 N–H and O–H groups in total. The SMILES string of the molecule is CC[C@@]1(O)C(=O)OCc2c1cc1n(c2=O)Cc2c-1nc1cc(F)c(C)c3c1c2C(NC(=O)C1CCC(O)C1)CC3. The minimum Gasteiger partial charge on any atom is -0.458 e. The van der Waals surface area contributed by atoms with E-state index in [4.69, 9.17) is 9.72 Å². The van der Waals surface area contributed by atoms with Crippen LogP contribution in [0.3, 0.4) is 0 Å². The lowest BCUT2D eigenvalue weighted by Crippen LogP contribution is -2.44. The maximum Gasteiger partial charge on any atom is 0.343 e. The number of carbonyl (C=O) groups excluding carboxylic acids is 2. The highest BCUT2D eigenvalue weighted by Gasteiger charge is 2.46. The van der Waals surface area contributed by atoms with E-state index in [9.17, 15) is 24.6 Å². The molecule has 10 heteroatoms. The third-order valence-corrected chi connectivity index (χ3v) is 9.47. The molecule has 1 aromatic carbocycles. The van der Waals surface area contributed by atoms with Gasteiger partial charge in [0.2, 0.25) is 5.91 Å². The number of benzene rings is 1. The van der Waals surface area contributed by atoms with Crippen molar-refractivity contribution in [1.82, 2.24) is 14.9 Å². The van der Waals surface area contributed by atoms with Crippen molar-refractivity contribution in [3.8, 4) is 11.4 Å². The van der Waals surface area contributed by atoms with Gasteiger partial charge in [-0.25, -0.2) is 14.2 Å². The quantitative estimate of drug-likeness (QED) is 0.336. The highest BCUT2D eigenvalue weighted by atomic mass is 19.1. The molecule has 4 atom stereocenters. The maximum absolute atomic E-state index is 15.1. The molecule has 4 heterocycles. The lowest BCUT2D eigenvalue weighted by atomic mass is 9.81. The molecule has 3 aromatic rings. The number of aliphatic hydroxyl groups excluding tert-OH is 1. The molecular weight excluding hydrogens is 517 g/mol. The molecule has 0 spiro atoms. The van der Waals surface area contributed by atoms with Crippen molar-refractivity contribution in [2.24, 2.45) is 5.92 Å². The predicted molar refractivity (Wildman–Crippen MR) is 142 cm³/mol. The Morgan fingerprint density at radius 2 is 2.02 bits per heavy atom. The van der Waals surface area contributed by atoms with Crippen molar-refractivity contribution >= 4 is 22.8 Å². The highest BCUT2D eigenvalue weighted by Crippen LogP contribution is 2.46. The van der Waals surface area contributed by atoms with Crippen LogP contribution in [0, 0.1) is 18.7 Å². The summed E-state index contributed by atoms with van der Waals surface area (Å²) in [6.07, 6.45) is 2.32. The number of hydrogen-bond donors (Lipinski definition) is 3. The summed E-state index contributed by atoms with van der Waals surface area (Å²) in [5, 5.41) is 25.2. The first-order chi connectivity index (χ1) is 19.1. The van der Waals surface area contributed by atoms with Gasteiger partial charge < -0.3 is 24.8 Å². The first kappa shape index (κ1) is 25.3. The lowest BCUT2D eigenvalue weighted by Gasteiger charge is -2.31. The molecular formula is C30H30FN3O6. The number of fused-ring (bicyclic) bond motifs is 5. The van der Waals surface area contributed by atoms with Crippen LogP contribution in [0.15, 0.2) is 16.9 Å². The van der Waals surface area contributed by atoms with E-state index in [1.807, 2.05) is 0 Å². The monoisotopic (exact) mass is 547 g/mol. The highest BCUT2D eigenvalue weighted by molar-refractivity contribution is 5.94. The molecule has 1 fully saturated rings. The number of amides is 1. The summed E-state index contributed by atoms with van der Waals surface area (Å²) in [7, 11) is 0. The topological polar surface area (TPSA) is 131 Å². The van der Waals surface area contributed by atoms with Crippen LogP contribution in [0.2, 0.25) is 0 Å². The number of carbonyl (C=O) groups is 2. The van der Waals surface area contributed by atoms with Crippen LogP contribution in [0.1, 0.15) is 78.5 Å². The molecule has 40 heavy (non-hydrogen) atoms. The zero-order chi connectivity index (χ0) is 28.1. The maximum atomic E-state index is 15.1. The van der Waals surface area contributed by atoms with Gasteiger partial charge in [-0.2, -0.15) is 0 Å². The Morgan fingerprint density at radius 1 is 1.23 bits per heavy atom. The molecule has 4 aliphatic rings. The number of nitrogens with one attached hydrogen (secondary N) is 1. The summed E-state index contributed by atoms with van der Waals surface area (Å²) in [5.74, 6) is -1.55. The average Bonchev–Trinajstić information content (AvgIpc) is 3.54. The van der Waals surface area contributed by atoms with E-state index >= 15 is 4.39 Å². The molecule has 1 amide bonds. The van der Waals surface area contributed by atoms with Crippen LogP contribution in [-0.4, -0.2) is 37.7 Å². The van der Waals surface area contributed by atoms with Crippen LogP contribution >= 0.6 is 0 Å². The Hall–Kier alpha value is -3.63. The molecule has 0 bridgehead atoms. The molecule has 2 aliphatic heterocycles. The van der Waals surface area contributed by atoms with Gasteiger partial charge in [0.05, 0.1) is 41.2 Å². The number of rotatable bonds is 3. The second kappa shape index (κ2) is 8.68. The third kappa shape index (κ3) is 3.38. The molecule has 208 valence electrons. The zero-order valence-electron chi connectivity index (χ0n) is 22.3. The number of ether oxygens (including phenoxy) is 1. The standard InChI is InChI=1S/C30H30FN3O6/c1-3-30(39)19-9-23-26-17(11-34(23)28(37)18(19)12-40-29(30)38)25-21(33-27(36)14-4-5-15(35)8-14)7-6-16-13(2)20(31)10-22(32-26)24(16)25/h9-10,14-15,21,35,39H,3-8,11-12H2,1-2H3,(H,33,36)/t14?,15?,21?,30-/m0/s1. The van der Waals surface area contributed by atoms with Crippen LogP contribution < -0.4 is 10.9 Å². The van der Waals surface area contributed by atoms with Gasteiger partial charge in [0.1, 0.15) is 12.4 Å². The van der Waals surface area contributed by atoms with Gasteiger partial charge in [0.25, 0.3) is 5.56 Å². The minimum absolute atomic E-state index is 0.0306. The summed E-state index contributed by atoms with van der Waals surface area (Å²) < 4.78 is 21.8. The third-order valence-electron chi connectivity index (χ3n) is 9.47. The zero-order valence-corrected chi connectivity index (χ0v) is 22.3. The van der Waals surface area contributed by atoms with Crippen molar-refractivity contribution in [2.45, 2.75) is 83.3 Å². The van der Waals surface area contributed by atoms with Gasteiger partial charge >= 0.3 is 5.97 Å². The van der Waals surface area contributed by atoms with Crippen molar-refractivity contribution in [3.05, 3.63) is 61.7 Å². The first-order valence-corrected chi connectivity index (χ1v) is 13.9. The van der Waals surface area contributed by atoms with E-state index in [-0.39, 0.29) is 59.9 Å². The van der Waals surface area contributed by atoms with Crippen LogP contribution in [0.4, 0.5) is 4.39 Å². The smallest absolute Gasteiger partial charge is 0.343 e. The summed E-state index contributed by atoms with van der Waals surface area (Å²) in [4.78, 5) is 44.4. The molecule has 1 saturated carbocycles. The number of aliphatic hydroxyl groups is 2. The number of hydrogen-bond acceptors (Lipinski definition) is 7. The number of pyridine rings is 2. The van der Waals surface area contributed by atoms with Crippen LogP contribution in [-0.2, 0) is 39.5 Å². The molecule has 2 aliphatic carbocycles. The molecule has 0 saturated heterocycles. The van der Waals surface area contributed by atoms with Gasteiger partial charge in [-0.15, -0.1) is 0 Å². The normalized spacial score (nSPS) is 26.3. The summed E-state index contributed by atoms with van der Waals surface area (Å²) in [5.41, 5.74) is 2.47. The molecule has 9 nitrogen and oxygen atoms in total. The number of aryl methyl sites for hydroxylation is 1. The fourth-order valence-corrected chi connectivity index (χ4v) is 7.18. The molecule has 0 radical (unpaired) electrons. The van der Waals surface area contributed by atoms with Crippen LogP contribution in [0.25, 0.3) is 22.3 Å². The molecule has 3 unspecified atom stereocenters. The van der Waals surface area contributed by atoms with E-state index in [0.717, 1.165) is 22.1 Å². The summed E-state index contributed by atoms with van der Waals surface area (Å²) in [6, 6.07) is 2.66. The van der Waals surface area contributed by atoms with E-state index in [0.29, 0.717) is 54.6 Å². The fraction of sp³-hybridized carbons (Fsp3) is 0.467. The Bertz CT molecular complexity index is 1710. The van der Waals surface area contributed by atoms with E-state index < -0.39 is 17.7 Å². The Kier molecular flexibility index (Phi) is 5.50. The molecule has 2 aromatic heterocycles. The van der Waals surface area contributed by atoms with Gasteiger partial charge in [0, 0.05) is 28.5 Å². The number of aromatic nitrogens is 2. The van der Waals surface area contributed by atoms with Gasteiger partial charge in [-0.1, -0.05) is 6.92 Å². The molecule has 7 rings (SSSR count). The summed E-state index contributed by atoms with van der Waals surface area (Å²) in [6.45, 7) is 3.36. The predicted octanol–water partition coefficient (Wildman–Crippen LogP) is 2.79. The van der Waals surface area contributed by atoms with Gasteiger partial charge in [-0.05, 0) is 68.2 Å². The van der Waals surface area contributed by atoms with Gasteiger partial charge in [0.15, 0.2) is 5.60 Å². The Labute approximate surface area is 229 Å². The fourth-order valence-electron chi connectivity index (χ4n) is 7.18. The van der Waals surface area contributed by atoms with Crippen molar-refractivity contribution in [3.63, 3.8) is 0 Å². The lowest BCUT2D eigenvalue weighted by molar-refractivity contribution is -0.172. The average molecular weight is 548 g/mol. The Morgan fingerprint density at radius 3 is 2.75 bits per heavy atom. The van der Waals surface area contributed by atoms with E-state index in [1.165, 1.54) is 6.07 Å². The van der Waals surface area contributed by atoms with E-state index in [2.05, 4.69) is 5.32 Å².